The van der Waals surface area contributed by atoms with E-state index >= 15 is 0 Å². The minimum Gasteiger partial charge on any atom is -0.487 e. The van der Waals surface area contributed by atoms with E-state index in [0.717, 1.165) is 16.7 Å². The molecule has 2 rings (SSSR count). The van der Waals surface area contributed by atoms with E-state index in [2.05, 4.69) is 0 Å². The van der Waals surface area contributed by atoms with Crippen LogP contribution in [0.3, 0.4) is 0 Å². The van der Waals surface area contributed by atoms with Crippen LogP contribution >= 0.6 is 0 Å². The van der Waals surface area contributed by atoms with Gasteiger partial charge in [0.2, 0.25) is 0 Å². The second kappa shape index (κ2) is 6.06. The van der Waals surface area contributed by atoms with Gasteiger partial charge in [0.15, 0.2) is 0 Å². The molecule has 0 saturated heterocycles. The summed E-state index contributed by atoms with van der Waals surface area (Å²) in [5, 5.41) is 10.3. The molecule has 0 saturated carbocycles. The second-order valence-corrected chi connectivity index (χ2v) is 5.09. The molecule has 0 aliphatic carbocycles. The molecule has 0 aliphatic heterocycles. The van der Waals surface area contributed by atoms with Gasteiger partial charge in [-0.3, -0.25) is 0 Å². The van der Waals surface area contributed by atoms with Crippen LogP contribution in [0.25, 0.3) is 0 Å². The van der Waals surface area contributed by atoms with Crippen molar-refractivity contribution >= 4 is 0 Å². The highest BCUT2D eigenvalue weighted by Gasteiger charge is 2.18. The monoisotopic (exact) mass is 274 g/mol. The summed E-state index contributed by atoms with van der Waals surface area (Å²) in [4.78, 5) is 0. The van der Waals surface area contributed by atoms with Crippen molar-refractivity contribution < 1.29 is 14.2 Å². The van der Waals surface area contributed by atoms with Gasteiger partial charge in [0.1, 0.15) is 23.8 Å². The molecule has 0 bridgehead atoms. The zero-order valence-corrected chi connectivity index (χ0v) is 11.9. The van der Waals surface area contributed by atoms with Gasteiger partial charge in [-0.25, -0.2) is 4.39 Å². The van der Waals surface area contributed by atoms with Crippen LogP contribution in [0.15, 0.2) is 42.5 Å². The number of hydrogen-bond acceptors (Lipinski definition) is 2. The fourth-order valence-corrected chi connectivity index (χ4v) is 2.00. The molecule has 20 heavy (non-hydrogen) atoms. The molecule has 0 spiro atoms. The average molecular weight is 274 g/mol. The van der Waals surface area contributed by atoms with Gasteiger partial charge < -0.3 is 9.84 Å². The van der Waals surface area contributed by atoms with Crippen molar-refractivity contribution in [2.75, 3.05) is 0 Å². The van der Waals surface area contributed by atoms with Crippen LogP contribution in [0.1, 0.15) is 29.7 Å². The third-order valence-electron chi connectivity index (χ3n) is 3.33. The Balaban J connectivity index is 2.13. The van der Waals surface area contributed by atoms with E-state index in [9.17, 15) is 9.50 Å². The summed E-state index contributed by atoms with van der Waals surface area (Å²) >= 11 is 0. The number of rotatable bonds is 4. The number of aryl methyl sites for hydroxylation is 2. The molecule has 0 heterocycles. The number of aliphatic hydroxyl groups is 1. The SMILES string of the molecule is Cc1ccc(C(O)C(C)Oc2cc(F)ccc2C)cc1. The molecule has 2 atom stereocenters. The Hall–Kier alpha value is -1.87. The lowest BCUT2D eigenvalue weighted by Crippen LogP contribution is -2.22. The van der Waals surface area contributed by atoms with Gasteiger partial charge >= 0.3 is 0 Å². The molecule has 0 aromatic heterocycles. The first-order valence-corrected chi connectivity index (χ1v) is 6.65. The average Bonchev–Trinajstić information content (AvgIpc) is 2.43. The van der Waals surface area contributed by atoms with Gasteiger partial charge in [-0.2, -0.15) is 0 Å². The van der Waals surface area contributed by atoms with E-state index in [1.807, 2.05) is 38.1 Å². The normalized spacial score (nSPS) is 13.8. The lowest BCUT2D eigenvalue weighted by atomic mass is 10.0. The molecule has 0 fully saturated rings. The van der Waals surface area contributed by atoms with E-state index in [1.54, 1.807) is 13.0 Å². The van der Waals surface area contributed by atoms with Crippen molar-refractivity contribution in [3.05, 3.63) is 65.0 Å². The highest BCUT2D eigenvalue weighted by Crippen LogP contribution is 2.25. The summed E-state index contributed by atoms with van der Waals surface area (Å²) in [6.45, 7) is 5.61. The third kappa shape index (κ3) is 3.36. The smallest absolute Gasteiger partial charge is 0.126 e. The molecule has 2 nitrogen and oxygen atoms in total. The lowest BCUT2D eigenvalue weighted by molar-refractivity contribution is 0.0461. The third-order valence-corrected chi connectivity index (χ3v) is 3.33. The van der Waals surface area contributed by atoms with Crippen LogP contribution in [-0.2, 0) is 0 Å². The van der Waals surface area contributed by atoms with Gasteiger partial charge in [0, 0.05) is 6.07 Å². The molecule has 2 unspecified atom stereocenters. The molecule has 0 amide bonds. The van der Waals surface area contributed by atoms with Crippen LogP contribution in [0, 0.1) is 19.7 Å². The summed E-state index contributed by atoms with van der Waals surface area (Å²) < 4.78 is 18.9. The quantitative estimate of drug-likeness (QED) is 0.915. The van der Waals surface area contributed by atoms with E-state index < -0.39 is 12.2 Å². The molecule has 2 aromatic rings. The van der Waals surface area contributed by atoms with Gasteiger partial charge in [0.25, 0.3) is 0 Å². The second-order valence-electron chi connectivity index (χ2n) is 5.09. The van der Waals surface area contributed by atoms with E-state index in [0.29, 0.717) is 5.75 Å². The van der Waals surface area contributed by atoms with Crippen LogP contribution in [0.2, 0.25) is 0 Å². The number of halogens is 1. The van der Waals surface area contributed by atoms with Crippen LogP contribution in [0.5, 0.6) is 5.75 Å². The highest BCUT2D eigenvalue weighted by molar-refractivity contribution is 5.33. The number of aliphatic hydroxyl groups excluding tert-OH is 1. The maximum atomic E-state index is 13.2. The number of benzene rings is 2. The topological polar surface area (TPSA) is 29.5 Å². The van der Waals surface area contributed by atoms with E-state index in [-0.39, 0.29) is 5.82 Å². The zero-order valence-electron chi connectivity index (χ0n) is 11.9. The summed E-state index contributed by atoms with van der Waals surface area (Å²) in [5.41, 5.74) is 2.77. The minimum absolute atomic E-state index is 0.345. The van der Waals surface area contributed by atoms with E-state index in [1.165, 1.54) is 12.1 Å². The van der Waals surface area contributed by atoms with Crippen molar-refractivity contribution in [3.63, 3.8) is 0 Å². The Kier molecular flexibility index (Phi) is 4.40. The molecule has 0 radical (unpaired) electrons. The Morgan fingerprint density at radius 2 is 1.70 bits per heavy atom. The van der Waals surface area contributed by atoms with Crippen molar-refractivity contribution in [2.24, 2.45) is 0 Å². The van der Waals surface area contributed by atoms with E-state index in [4.69, 9.17) is 4.74 Å². The molecule has 0 aliphatic rings. The zero-order chi connectivity index (χ0) is 14.7. The molecule has 3 heteroatoms. The Bertz CT molecular complexity index is 578. The fourth-order valence-electron chi connectivity index (χ4n) is 2.00. The van der Waals surface area contributed by atoms with Crippen molar-refractivity contribution in [2.45, 2.75) is 33.0 Å². The maximum Gasteiger partial charge on any atom is 0.126 e. The van der Waals surface area contributed by atoms with Crippen LogP contribution in [0.4, 0.5) is 4.39 Å². The highest BCUT2D eigenvalue weighted by atomic mass is 19.1. The van der Waals surface area contributed by atoms with Crippen molar-refractivity contribution in [1.29, 1.82) is 0 Å². The molecule has 2 aromatic carbocycles. The van der Waals surface area contributed by atoms with Crippen molar-refractivity contribution in [3.8, 4) is 5.75 Å². The number of hydrogen-bond donors (Lipinski definition) is 1. The molecule has 106 valence electrons. The first kappa shape index (κ1) is 14.5. The summed E-state index contributed by atoms with van der Waals surface area (Å²) in [7, 11) is 0. The molecular formula is C17H19FO2. The van der Waals surface area contributed by atoms with Gasteiger partial charge in [0.05, 0.1) is 0 Å². The first-order valence-electron chi connectivity index (χ1n) is 6.65. The molecule has 1 N–H and O–H groups in total. The Labute approximate surface area is 118 Å². The van der Waals surface area contributed by atoms with Gasteiger partial charge in [-0.15, -0.1) is 0 Å². The molecular weight excluding hydrogens is 255 g/mol. The maximum absolute atomic E-state index is 13.2. The van der Waals surface area contributed by atoms with Crippen molar-refractivity contribution in [1.82, 2.24) is 0 Å². The predicted octanol–water partition coefficient (Wildman–Crippen LogP) is 3.94. The van der Waals surface area contributed by atoms with Gasteiger partial charge in [-0.05, 0) is 38.0 Å². The fraction of sp³-hybridized carbons (Fsp3) is 0.294. The van der Waals surface area contributed by atoms with Crippen LogP contribution in [-0.4, -0.2) is 11.2 Å². The summed E-state index contributed by atoms with van der Waals surface area (Å²) in [5.74, 6) is 0.117. The van der Waals surface area contributed by atoms with Gasteiger partial charge in [-0.1, -0.05) is 35.9 Å². The standard InChI is InChI=1S/C17H19FO2/c1-11-4-7-14(8-5-11)17(19)13(3)20-16-10-15(18)9-6-12(16)2/h4-10,13,17,19H,1-3H3. The summed E-state index contributed by atoms with van der Waals surface area (Å²) in [6, 6.07) is 12.0. The Morgan fingerprint density at radius 1 is 1.05 bits per heavy atom. The summed E-state index contributed by atoms with van der Waals surface area (Å²) in [6.07, 6.45) is -1.21. The largest absolute Gasteiger partial charge is 0.487 e. The minimum atomic E-state index is -0.752. The predicted molar refractivity (Wildman–Crippen MR) is 77.4 cm³/mol. The number of ether oxygens (including phenoxy) is 1. The Morgan fingerprint density at radius 3 is 2.35 bits per heavy atom. The van der Waals surface area contributed by atoms with Crippen LogP contribution < -0.4 is 4.74 Å². The lowest BCUT2D eigenvalue weighted by Gasteiger charge is -2.22. The first-order chi connectivity index (χ1) is 9.47.